The first kappa shape index (κ1) is 10.1. The van der Waals surface area contributed by atoms with Gasteiger partial charge in [0.05, 0.1) is 9.98 Å². The first-order valence-corrected chi connectivity index (χ1v) is 4.89. The van der Waals surface area contributed by atoms with Gasteiger partial charge < -0.3 is 0 Å². The second-order valence-electron chi connectivity index (χ2n) is 2.10. The Kier molecular flexibility index (Phi) is 3.38. The first-order valence-electron chi connectivity index (χ1n) is 3.28. The van der Waals surface area contributed by atoms with Gasteiger partial charge in [0, 0.05) is 6.92 Å². The van der Waals surface area contributed by atoms with Crippen molar-refractivity contribution < 1.29 is 9.59 Å². The second kappa shape index (κ2) is 4.33. The van der Waals surface area contributed by atoms with E-state index < -0.39 is 5.91 Å². The third-order valence-electron chi connectivity index (χ3n) is 1.02. The number of rotatable bonds is 1. The van der Waals surface area contributed by atoms with E-state index in [4.69, 9.17) is 0 Å². The summed E-state index contributed by atoms with van der Waals surface area (Å²) in [6.07, 6.45) is 1.52. The average Bonchev–Trinajstić information content (AvgIpc) is 2.47. The molecule has 0 saturated carbocycles. The number of amides is 2. The molecule has 0 fully saturated rings. The fourth-order valence-electron chi connectivity index (χ4n) is 0.558. The molecule has 2 N–H and O–H groups in total. The van der Waals surface area contributed by atoms with E-state index in [9.17, 15) is 9.59 Å². The number of nitrogens with zero attached hydrogens (tertiary/aromatic N) is 1. The van der Waals surface area contributed by atoms with Gasteiger partial charge in [0.25, 0.3) is 5.91 Å². The Morgan fingerprint density at radius 3 is 2.69 bits per heavy atom. The monoisotopic (exact) mass is 263 g/mol. The van der Waals surface area contributed by atoms with Gasteiger partial charge in [-0.15, -0.1) is 11.3 Å². The van der Waals surface area contributed by atoms with Crippen LogP contribution in [0.15, 0.2) is 9.98 Å². The fourth-order valence-corrected chi connectivity index (χ4v) is 1.66. The van der Waals surface area contributed by atoms with Crippen LogP contribution in [0.5, 0.6) is 0 Å². The largest absolute Gasteiger partial charge is 0.298 e. The van der Waals surface area contributed by atoms with Crippen molar-refractivity contribution >= 4 is 39.1 Å². The molecule has 0 aliphatic carbocycles. The summed E-state index contributed by atoms with van der Waals surface area (Å²) in [6.45, 7) is 1.30. The highest BCUT2D eigenvalue weighted by Gasteiger charge is 2.09. The summed E-state index contributed by atoms with van der Waals surface area (Å²) in [4.78, 5) is 25.4. The molecular weight excluding hydrogens is 258 g/mol. The number of hydrogen-bond acceptors (Lipinski definition) is 4. The number of thiazole rings is 1. The number of carbonyl (C=O) groups excluding carboxylic acids is 2. The molecule has 0 radical (unpaired) electrons. The van der Waals surface area contributed by atoms with Gasteiger partial charge in [-0.25, -0.2) is 4.98 Å². The molecule has 13 heavy (non-hydrogen) atoms. The Hall–Kier alpha value is -0.950. The number of nitrogens with one attached hydrogen (secondary N) is 2. The maximum atomic E-state index is 11.2. The standard InChI is InChI=1S/C6H6BrN3O2S/c1-3(11)9-10-5(12)6-8-2-4(7)13-6/h2H,1H3,(H,9,11)(H,10,12). The lowest BCUT2D eigenvalue weighted by molar-refractivity contribution is -0.119. The molecule has 2 amide bonds. The molecule has 1 aromatic heterocycles. The molecule has 1 rings (SSSR count). The number of hydrogen-bond donors (Lipinski definition) is 2. The lowest BCUT2D eigenvalue weighted by Crippen LogP contribution is -2.40. The summed E-state index contributed by atoms with van der Waals surface area (Å²) >= 11 is 4.36. The minimum absolute atomic E-state index is 0.292. The van der Waals surface area contributed by atoms with Gasteiger partial charge in [-0.05, 0) is 15.9 Å². The van der Waals surface area contributed by atoms with Crippen LogP contribution in [0.2, 0.25) is 0 Å². The maximum absolute atomic E-state index is 11.2. The minimum Gasteiger partial charge on any atom is -0.274 e. The smallest absolute Gasteiger partial charge is 0.274 e. The van der Waals surface area contributed by atoms with Gasteiger partial charge in [-0.2, -0.15) is 0 Å². The van der Waals surface area contributed by atoms with Crippen LogP contribution < -0.4 is 10.9 Å². The van der Waals surface area contributed by atoms with Crippen LogP contribution in [0.4, 0.5) is 0 Å². The second-order valence-corrected chi connectivity index (χ2v) is 4.51. The molecule has 0 spiro atoms. The molecular formula is C6H6BrN3O2S. The highest BCUT2D eigenvalue weighted by molar-refractivity contribution is 9.11. The van der Waals surface area contributed by atoms with Gasteiger partial charge in [0.15, 0.2) is 5.01 Å². The van der Waals surface area contributed by atoms with E-state index >= 15 is 0 Å². The molecule has 1 aromatic rings. The van der Waals surface area contributed by atoms with Crippen LogP contribution in [-0.4, -0.2) is 16.8 Å². The molecule has 0 atom stereocenters. The molecule has 0 saturated heterocycles. The topological polar surface area (TPSA) is 71.1 Å². The molecule has 0 aliphatic rings. The number of aromatic nitrogens is 1. The highest BCUT2D eigenvalue weighted by Crippen LogP contribution is 2.18. The lowest BCUT2D eigenvalue weighted by atomic mass is 10.6. The van der Waals surface area contributed by atoms with Crippen molar-refractivity contribution in [3.05, 3.63) is 15.0 Å². The van der Waals surface area contributed by atoms with Gasteiger partial charge in [0.2, 0.25) is 5.91 Å². The quantitative estimate of drug-likeness (QED) is 0.733. The van der Waals surface area contributed by atoms with E-state index in [0.29, 0.717) is 5.01 Å². The third-order valence-corrected chi connectivity index (χ3v) is 2.50. The van der Waals surface area contributed by atoms with E-state index in [1.807, 2.05) is 0 Å². The zero-order valence-corrected chi connectivity index (χ0v) is 9.03. The van der Waals surface area contributed by atoms with Gasteiger partial charge in [-0.1, -0.05) is 0 Å². The van der Waals surface area contributed by atoms with E-state index in [2.05, 4.69) is 31.8 Å². The van der Waals surface area contributed by atoms with Gasteiger partial charge in [-0.3, -0.25) is 20.4 Å². The van der Waals surface area contributed by atoms with E-state index in [-0.39, 0.29) is 5.91 Å². The summed E-state index contributed by atoms with van der Waals surface area (Å²) in [5, 5.41) is 0.292. The van der Waals surface area contributed by atoms with Crippen LogP contribution >= 0.6 is 27.3 Å². The summed E-state index contributed by atoms with van der Waals surface area (Å²) in [5.74, 6) is -0.755. The molecule has 0 unspecified atom stereocenters. The maximum Gasteiger partial charge on any atom is 0.298 e. The summed E-state index contributed by atoms with van der Waals surface area (Å²) < 4.78 is 0.764. The minimum atomic E-state index is -0.425. The summed E-state index contributed by atoms with van der Waals surface area (Å²) in [5.41, 5.74) is 4.37. The van der Waals surface area contributed by atoms with Gasteiger partial charge >= 0.3 is 0 Å². The van der Waals surface area contributed by atoms with E-state index in [1.165, 1.54) is 24.5 Å². The number of carbonyl (C=O) groups is 2. The van der Waals surface area contributed by atoms with E-state index in [1.54, 1.807) is 0 Å². The van der Waals surface area contributed by atoms with Crippen molar-refractivity contribution in [2.75, 3.05) is 0 Å². The van der Waals surface area contributed by atoms with E-state index in [0.717, 1.165) is 3.79 Å². The first-order chi connectivity index (χ1) is 6.09. The molecule has 0 aliphatic heterocycles. The van der Waals surface area contributed by atoms with Crippen molar-refractivity contribution in [2.24, 2.45) is 0 Å². The Morgan fingerprint density at radius 2 is 2.23 bits per heavy atom. The highest BCUT2D eigenvalue weighted by atomic mass is 79.9. The molecule has 0 aromatic carbocycles. The fraction of sp³-hybridized carbons (Fsp3) is 0.167. The Morgan fingerprint density at radius 1 is 1.54 bits per heavy atom. The summed E-state index contributed by atoms with van der Waals surface area (Å²) in [7, 11) is 0. The normalized spacial score (nSPS) is 9.38. The van der Waals surface area contributed by atoms with Crippen molar-refractivity contribution in [2.45, 2.75) is 6.92 Å². The predicted molar refractivity (Wildman–Crippen MR) is 51.1 cm³/mol. The molecule has 5 nitrogen and oxygen atoms in total. The van der Waals surface area contributed by atoms with Crippen LogP contribution in [0.3, 0.4) is 0 Å². The van der Waals surface area contributed by atoms with Gasteiger partial charge in [0.1, 0.15) is 0 Å². The SMILES string of the molecule is CC(=O)NNC(=O)c1ncc(Br)s1. The van der Waals surface area contributed by atoms with Crippen LogP contribution in [0.25, 0.3) is 0 Å². The lowest BCUT2D eigenvalue weighted by Gasteiger charge is -2.00. The molecule has 7 heteroatoms. The van der Waals surface area contributed by atoms with Crippen LogP contribution in [0.1, 0.15) is 16.7 Å². The van der Waals surface area contributed by atoms with Crippen molar-refractivity contribution in [1.29, 1.82) is 0 Å². The van der Waals surface area contributed by atoms with Crippen molar-refractivity contribution in [3.8, 4) is 0 Å². The molecule has 1 heterocycles. The summed E-state index contributed by atoms with van der Waals surface area (Å²) in [6, 6.07) is 0. The Balaban J connectivity index is 2.54. The van der Waals surface area contributed by atoms with Crippen LogP contribution in [0, 0.1) is 0 Å². The molecule has 0 bridgehead atoms. The van der Waals surface area contributed by atoms with Crippen LogP contribution in [-0.2, 0) is 4.79 Å². The third kappa shape index (κ3) is 3.11. The molecule has 70 valence electrons. The predicted octanol–water partition coefficient (Wildman–Crippen LogP) is 0.686. The average molecular weight is 264 g/mol. The Labute approximate surface area is 86.6 Å². The van der Waals surface area contributed by atoms with Crippen molar-refractivity contribution in [3.63, 3.8) is 0 Å². The number of halogens is 1. The zero-order chi connectivity index (χ0) is 9.84. The Bertz CT molecular complexity index is 338. The number of hydrazine groups is 1. The van der Waals surface area contributed by atoms with Crippen molar-refractivity contribution in [1.82, 2.24) is 15.8 Å². The zero-order valence-electron chi connectivity index (χ0n) is 6.63.